The van der Waals surface area contributed by atoms with Crippen molar-refractivity contribution >= 4 is 5.97 Å². The Kier molecular flexibility index (Phi) is 5.54. The van der Waals surface area contributed by atoms with E-state index in [1.54, 1.807) is 12.1 Å². The fourth-order valence-electron chi connectivity index (χ4n) is 4.65. The van der Waals surface area contributed by atoms with E-state index >= 15 is 0 Å². The predicted molar refractivity (Wildman–Crippen MR) is 91.7 cm³/mol. The number of halogens is 1. The Labute approximate surface area is 144 Å². The Bertz CT molecular complexity index is 559. The minimum Gasteiger partial charge on any atom is -0.469 e. The van der Waals surface area contributed by atoms with Gasteiger partial charge in [-0.25, -0.2) is 4.39 Å². The zero-order valence-corrected chi connectivity index (χ0v) is 14.6. The molecule has 2 fully saturated rings. The molecule has 2 saturated carbocycles. The van der Waals surface area contributed by atoms with Crippen molar-refractivity contribution in [3.63, 3.8) is 0 Å². The minimum atomic E-state index is -0.223. The van der Waals surface area contributed by atoms with E-state index in [1.165, 1.54) is 38.5 Å². The van der Waals surface area contributed by atoms with Crippen LogP contribution in [0, 0.1) is 35.4 Å². The third-order valence-electron chi connectivity index (χ3n) is 6.07. The number of carbonyl (C=O) groups is 1. The van der Waals surface area contributed by atoms with Crippen molar-refractivity contribution in [2.75, 3.05) is 13.7 Å². The SMILES string of the molecule is CCC1CCC([C@@H](CNCc2ccc(F)cc2)C(=O)OC)C2CC12. The zero-order chi connectivity index (χ0) is 17.1. The summed E-state index contributed by atoms with van der Waals surface area (Å²) in [6.07, 6.45) is 4.93. The average molecular weight is 333 g/mol. The molecule has 5 atom stereocenters. The summed E-state index contributed by atoms with van der Waals surface area (Å²) in [7, 11) is 1.48. The van der Waals surface area contributed by atoms with E-state index in [1.807, 2.05) is 0 Å². The van der Waals surface area contributed by atoms with Gasteiger partial charge in [-0.05, 0) is 60.6 Å². The molecule has 0 heterocycles. The number of benzene rings is 1. The van der Waals surface area contributed by atoms with E-state index in [-0.39, 0.29) is 17.7 Å². The Morgan fingerprint density at radius 2 is 2.04 bits per heavy atom. The van der Waals surface area contributed by atoms with Crippen LogP contribution in [0.25, 0.3) is 0 Å². The van der Waals surface area contributed by atoms with Crippen LogP contribution in [-0.4, -0.2) is 19.6 Å². The number of hydrogen-bond donors (Lipinski definition) is 1. The third-order valence-corrected chi connectivity index (χ3v) is 6.07. The maximum Gasteiger partial charge on any atom is 0.310 e. The molecule has 0 aromatic heterocycles. The molecule has 0 amide bonds. The van der Waals surface area contributed by atoms with E-state index in [0.29, 0.717) is 24.9 Å². The van der Waals surface area contributed by atoms with Gasteiger partial charge >= 0.3 is 5.97 Å². The van der Waals surface area contributed by atoms with E-state index in [9.17, 15) is 9.18 Å². The summed E-state index contributed by atoms with van der Waals surface area (Å²) < 4.78 is 18.0. The summed E-state index contributed by atoms with van der Waals surface area (Å²) in [4.78, 5) is 12.3. The van der Waals surface area contributed by atoms with Crippen molar-refractivity contribution in [1.82, 2.24) is 5.32 Å². The fraction of sp³-hybridized carbons (Fsp3) is 0.650. The molecule has 2 aliphatic rings. The summed E-state index contributed by atoms with van der Waals surface area (Å²) in [5.41, 5.74) is 1.03. The molecule has 0 saturated heterocycles. The molecule has 24 heavy (non-hydrogen) atoms. The van der Waals surface area contributed by atoms with Gasteiger partial charge in [0.05, 0.1) is 13.0 Å². The number of rotatable bonds is 7. The first-order chi connectivity index (χ1) is 11.6. The molecule has 0 aliphatic heterocycles. The Hall–Kier alpha value is -1.42. The van der Waals surface area contributed by atoms with Crippen LogP contribution in [0.4, 0.5) is 4.39 Å². The molecule has 4 heteroatoms. The molecule has 2 aliphatic carbocycles. The van der Waals surface area contributed by atoms with Crippen LogP contribution in [0.1, 0.15) is 38.2 Å². The second-order valence-electron chi connectivity index (χ2n) is 7.36. The van der Waals surface area contributed by atoms with E-state index < -0.39 is 0 Å². The quantitative estimate of drug-likeness (QED) is 0.772. The summed E-state index contributed by atoms with van der Waals surface area (Å²) in [5, 5.41) is 3.37. The number of ether oxygens (including phenoxy) is 1. The van der Waals surface area contributed by atoms with Crippen LogP contribution in [0.5, 0.6) is 0 Å². The molecule has 4 unspecified atom stereocenters. The number of carbonyl (C=O) groups excluding carboxylic acids is 1. The maximum absolute atomic E-state index is 13.0. The van der Waals surface area contributed by atoms with Crippen molar-refractivity contribution in [2.45, 2.75) is 39.2 Å². The topological polar surface area (TPSA) is 38.3 Å². The predicted octanol–water partition coefficient (Wildman–Crippen LogP) is 3.78. The number of methoxy groups -OCH3 is 1. The molecule has 3 nitrogen and oxygen atoms in total. The summed E-state index contributed by atoms with van der Waals surface area (Å²) in [6.45, 7) is 3.56. The van der Waals surface area contributed by atoms with Crippen LogP contribution >= 0.6 is 0 Å². The van der Waals surface area contributed by atoms with E-state index in [0.717, 1.165) is 23.8 Å². The zero-order valence-electron chi connectivity index (χ0n) is 14.6. The largest absolute Gasteiger partial charge is 0.469 e. The van der Waals surface area contributed by atoms with Crippen LogP contribution in [-0.2, 0) is 16.1 Å². The highest BCUT2D eigenvalue weighted by molar-refractivity contribution is 5.73. The summed E-state index contributed by atoms with van der Waals surface area (Å²) in [5.74, 6) is 2.47. The normalized spacial score (nSPS) is 29.6. The first kappa shape index (κ1) is 17.4. The lowest BCUT2D eigenvalue weighted by Crippen LogP contribution is -2.37. The highest BCUT2D eigenvalue weighted by atomic mass is 19.1. The number of hydrogen-bond acceptors (Lipinski definition) is 3. The van der Waals surface area contributed by atoms with Crippen molar-refractivity contribution in [2.24, 2.45) is 29.6 Å². The lowest BCUT2D eigenvalue weighted by Gasteiger charge is -2.32. The van der Waals surface area contributed by atoms with Gasteiger partial charge in [0.15, 0.2) is 0 Å². The van der Waals surface area contributed by atoms with Gasteiger partial charge in [-0.1, -0.05) is 25.5 Å². The van der Waals surface area contributed by atoms with Crippen LogP contribution in [0.2, 0.25) is 0 Å². The van der Waals surface area contributed by atoms with Crippen LogP contribution in [0.15, 0.2) is 24.3 Å². The van der Waals surface area contributed by atoms with Crippen molar-refractivity contribution in [1.29, 1.82) is 0 Å². The van der Waals surface area contributed by atoms with E-state index in [2.05, 4.69) is 12.2 Å². The van der Waals surface area contributed by atoms with Gasteiger partial charge in [0, 0.05) is 13.1 Å². The van der Waals surface area contributed by atoms with Gasteiger partial charge in [-0.15, -0.1) is 0 Å². The van der Waals surface area contributed by atoms with Gasteiger partial charge in [-0.2, -0.15) is 0 Å². The van der Waals surface area contributed by atoms with Crippen molar-refractivity contribution < 1.29 is 13.9 Å². The molecule has 1 N–H and O–H groups in total. The average Bonchev–Trinajstić information content (AvgIpc) is 3.40. The molecule has 1 aromatic carbocycles. The fourth-order valence-corrected chi connectivity index (χ4v) is 4.65. The molecule has 0 spiro atoms. The van der Waals surface area contributed by atoms with Gasteiger partial charge in [-0.3, -0.25) is 4.79 Å². The van der Waals surface area contributed by atoms with Gasteiger partial charge in [0.1, 0.15) is 5.82 Å². The van der Waals surface area contributed by atoms with Crippen molar-refractivity contribution in [3.05, 3.63) is 35.6 Å². The standard InChI is InChI=1S/C20H28FNO2/c1-3-14-6-9-16(18-10-17(14)18)19(20(23)24-2)12-22-11-13-4-7-15(21)8-5-13/h4-5,7-8,14,16-19,22H,3,6,9-12H2,1-2H3/t14?,16?,17?,18?,19-/m1/s1. The van der Waals surface area contributed by atoms with Crippen molar-refractivity contribution in [3.8, 4) is 0 Å². The number of fused-ring (bicyclic) bond motifs is 1. The minimum absolute atomic E-state index is 0.0664. The maximum atomic E-state index is 13.0. The Balaban J connectivity index is 1.57. The summed E-state index contributed by atoms with van der Waals surface area (Å²) >= 11 is 0. The van der Waals surface area contributed by atoms with Gasteiger partial charge in [0.25, 0.3) is 0 Å². The highest BCUT2D eigenvalue weighted by Crippen LogP contribution is 2.58. The second kappa shape index (κ2) is 7.64. The van der Waals surface area contributed by atoms with Crippen LogP contribution < -0.4 is 5.32 Å². The molecule has 0 bridgehead atoms. The third kappa shape index (κ3) is 3.80. The molecular weight excluding hydrogens is 305 g/mol. The van der Waals surface area contributed by atoms with Gasteiger partial charge in [0.2, 0.25) is 0 Å². The molecular formula is C20H28FNO2. The molecule has 1 aromatic rings. The van der Waals surface area contributed by atoms with Crippen LogP contribution in [0.3, 0.4) is 0 Å². The lowest BCUT2D eigenvalue weighted by atomic mass is 9.75. The lowest BCUT2D eigenvalue weighted by molar-refractivity contribution is -0.148. The molecule has 0 radical (unpaired) electrons. The highest BCUT2D eigenvalue weighted by Gasteiger charge is 2.53. The molecule has 132 valence electrons. The summed E-state index contributed by atoms with van der Waals surface area (Å²) in [6, 6.07) is 6.49. The Morgan fingerprint density at radius 1 is 1.29 bits per heavy atom. The Morgan fingerprint density at radius 3 is 2.71 bits per heavy atom. The smallest absolute Gasteiger partial charge is 0.310 e. The number of nitrogens with one attached hydrogen (secondary N) is 1. The monoisotopic (exact) mass is 333 g/mol. The molecule has 3 rings (SSSR count). The second-order valence-corrected chi connectivity index (χ2v) is 7.36. The first-order valence-electron chi connectivity index (χ1n) is 9.17. The van der Waals surface area contributed by atoms with E-state index in [4.69, 9.17) is 4.74 Å². The number of esters is 1. The first-order valence-corrected chi connectivity index (χ1v) is 9.17. The van der Waals surface area contributed by atoms with Gasteiger partial charge < -0.3 is 10.1 Å².